The summed E-state index contributed by atoms with van der Waals surface area (Å²) < 4.78 is 38.4. The van der Waals surface area contributed by atoms with Crippen LogP contribution >= 0.6 is 0 Å². The summed E-state index contributed by atoms with van der Waals surface area (Å²) in [5.74, 6) is -0.578. The molecule has 3 aromatic rings. The highest BCUT2D eigenvalue weighted by Crippen LogP contribution is 2.38. The first-order chi connectivity index (χ1) is 19.1. The SMILES string of the molecule is CCO[C@H]1CCN(Cc2c(OC)cc(C)c3[nH]ccc23)[C@H](c2ccc(C(=O)NS(=O)(=O)CCNC(C)=O)cc2)C1. The number of sulfonamides is 1. The topological polar surface area (TPSA) is 130 Å². The van der Waals surface area contributed by atoms with Crippen LogP contribution in [0, 0.1) is 6.92 Å². The number of H-pyrrole nitrogens is 1. The molecule has 0 radical (unpaired) electrons. The summed E-state index contributed by atoms with van der Waals surface area (Å²) in [6.45, 7) is 7.43. The molecule has 10 nitrogen and oxygen atoms in total. The van der Waals surface area contributed by atoms with Gasteiger partial charge in [0.05, 0.1) is 19.0 Å². The predicted octanol–water partition coefficient (Wildman–Crippen LogP) is 3.42. The van der Waals surface area contributed by atoms with Crippen LogP contribution in [0.1, 0.15) is 59.8 Å². The van der Waals surface area contributed by atoms with Gasteiger partial charge in [-0.05, 0) is 62.1 Å². The number of hydrogen-bond acceptors (Lipinski definition) is 7. The van der Waals surface area contributed by atoms with E-state index in [-0.39, 0.29) is 35.9 Å². The molecule has 11 heteroatoms. The number of piperidine rings is 1. The molecule has 3 N–H and O–H groups in total. The summed E-state index contributed by atoms with van der Waals surface area (Å²) in [6, 6.07) is 11.2. The second-order valence-electron chi connectivity index (χ2n) is 10.1. The van der Waals surface area contributed by atoms with E-state index in [1.807, 2.05) is 25.3 Å². The Morgan fingerprint density at radius 3 is 2.60 bits per heavy atom. The lowest BCUT2D eigenvalue weighted by Crippen LogP contribution is -2.39. The number of ether oxygens (including phenoxy) is 2. The molecule has 216 valence electrons. The van der Waals surface area contributed by atoms with E-state index in [1.54, 1.807) is 19.2 Å². The first-order valence-electron chi connectivity index (χ1n) is 13.5. The van der Waals surface area contributed by atoms with Gasteiger partial charge in [0.2, 0.25) is 15.9 Å². The van der Waals surface area contributed by atoms with E-state index in [4.69, 9.17) is 9.47 Å². The van der Waals surface area contributed by atoms with Gasteiger partial charge in [0.1, 0.15) is 5.75 Å². The summed E-state index contributed by atoms with van der Waals surface area (Å²) in [5.41, 5.74) is 4.59. The van der Waals surface area contributed by atoms with Crippen molar-refractivity contribution in [1.29, 1.82) is 0 Å². The van der Waals surface area contributed by atoms with Gasteiger partial charge in [-0.1, -0.05) is 12.1 Å². The summed E-state index contributed by atoms with van der Waals surface area (Å²) in [6.07, 6.45) is 3.77. The molecule has 1 fully saturated rings. The van der Waals surface area contributed by atoms with Crippen molar-refractivity contribution in [2.75, 3.05) is 32.6 Å². The van der Waals surface area contributed by atoms with E-state index in [1.165, 1.54) is 6.92 Å². The molecule has 2 heterocycles. The zero-order valence-electron chi connectivity index (χ0n) is 23.5. The number of benzene rings is 2. The lowest BCUT2D eigenvalue weighted by atomic mass is 9.91. The fourth-order valence-electron chi connectivity index (χ4n) is 5.36. The maximum absolute atomic E-state index is 12.7. The fraction of sp³-hybridized carbons (Fsp3) is 0.448. The van der Waals surface area contributed by atoms with Gasteiger partial charge >= 0.3 is 0 Å². The Balaban J connectivity index is 1.55. The van der Waals surface area contributed by atoms with Crippen LogP contribution in [0.4, 0.5) is 0 Å². The quantitative estimate of drug-likeness (QED) is 0.322. The number of carbonyl (C=O) groups excluding carboxylic acids is 2. The number of amides is 2. The van der Waals surface area contributed by atoms with Crippen LogP contribution in [-0.4, -0.2) is 68.8 Å². The Morgan fingerprint density at radius 2 is 1.93 bits per heavy atom. The molecule has 40 heavy (non-hydrogen) atoms. The molecule has 0 spiro atoms. The Morgan fingerprint density at radius 1 is 1.18 bits per heavy atom. The maximum atomic E-state index is 12.7. The first kappa shape index (κ1) is 29.6. The molecule has 0 saturated carbocycles. The monoisotopic (exact) mass is 570 g/mol. The van der Waals surface area contributed by atoms with Crippen molar-refractivity contribution in [2.45, 2.75) is 52.3 Å². The van der Waals surface area contributed by atoms with Gasteiger partial charge in [0, 0.05) is 67.4 Å². The van der Waals surface area contributed by atoms with Crippen LogP contribution in [0.3, 0.4) is 0 Å². The van der Waals surface area contributed by atoms with E-state index < -0.39 is 15.9 Å². The Labute approximate surface area is 235 Å². The Bertz CT molecular complexity index is 1450. The number of aromatic amines is 1. The lowest BCUT2D eigenvalue weighted by molar-refractivity contribution is -0.118. The van der Waals surface area contributed by atoms with Crippen molar-refractivity contribution in [2.24, 2.45) is 0 Å². The van der Waals surface area contributed by atoms with E-state index in [0.29, 0.717) is 13.2 Å². The minimum atomic E-state index is -3.89. The number of hydrogen-bond donors (Lipinski definition) is 3. The van der Waals surface area contributed by atoms with Crippen LogP contribution in [0.15, 0.2) is 42.6 Å². The molecule has 0 bridgehead atoms. The third-order valence-corrected chi connectivity index (χ3v) is 8.55. The molecular weight excluding hydrogens is 532 g/mol. The zero-order valence-corrected chi connectivity index (χ0v) is 24.3. The second kappa shape index (κ2) is 12.8. The minimum absolute atomic E-state index is 0.0313. The molecule has 0 unspecified atom stereocenters. The second-order valence-corrected chi connectivity index (χ2v) is 11.9. The van der Waals surface area contributed by atoms with Crippen LogP contribution in [0.25, 0.3) is 10.9 Å². The fourth-order valence-corrected chi connectivity index (χ4v) is 6.23. The summed E-state index contributed by atoms with van der Waals surface area (Å²) in [7, 11) is -2.19. The number of aromatic nitrogens is 1. The molecule has 2 aromatic carbocycles. The van der Waals surface area contributed by atoms with Gasteiger partial charge in [-0.2, -0.15) is 0 Å². The van der Waals surface area contributed by atoms with Crippen LogP contribution in [-0.2, 0) is 26.1 Å². The number of aryl methyl sites for hydroxylation is 1. The molecule has 1 aromatic heterocycles. The van der Waals surface area contributed by atoms with Crippen molar-refractivity contribution in [1.82, 2.24) is 19.9 Å². The van der Waals surface area contributed by atoms with E-state index in [2.05, 4.69) is 39.0 Å². The van der Waals surface area contributed by atoms with Crippen molar-refractivity contribution in [3.63, 3.8) is 0 Å². The number of fused-ring (bicyclic) bond motifs is 1. The van der Waals surface area contributed by atoms with Crippen LogP contribution in [0.5, 0.6) is 5.75 Å². The van der Waals surface area contributed by atoms with Crippen molar-refractivity contribution < 1.29 is 27.5 Å². The number of nitrogens with zero attached hydrogens (tertiary/aromatic N) is 1. The normalized spacial score (nSPS) is 18.0. The van der Waals surface area contributed by atoms with Gasteiger partial charge in [0.15, 0.2) is 0 Å². The Kier molecular flexibility index (Phi) is 9.49. The van der Waals surface area contributed by atoms with Gasteiger partial charge in [-0.15, -0.1) is 0 Å². The smallest absolute Gasteiger partial charge is 0.264 e. The van der Waals surface area contributed by atoms with E-state index in [9.17, 15) is 18.0 Å². The summed E-state index contributed by atoms with van der Waals surface area (Å²) in [5, 5.41) is 3.55. The van der Waals surface area contributed by atoms with Gasteiger partial charge in [-0.25, -0.2) is 13.1 Å². The number of nitrogens with one attached hydrogen (secondary N) is 3. The van der Waals surface area contributed by atoms with Gasteiger partial charge in [-0.3, -0.25) is 14.5 Å². The van der Waals surface area contributed by atoms with Crippen LogP contribution in [0.2, 0.25) is 0 Å². The molecule has 1 aliphatic heterocycles. The molecule has 1 aliphatic rings. The predicted molar refractivity (Wildman–Crippen MR) is 154 cm³/mol. The van der Waals surface area contributed by atoms with E-state index >= 15 is 0 Å². The zero-order chi connectivity index (χ0) is 28.9. The number of likely N-dealkylation sites (tertiary alicyclic amines) is 1. The highest BCUT2D eigenvalue weighted by atomic mass is 32.2. The highest BCUT2D eigenvalue weighted by molar-refractivity contribution is 7.90. The maximum Gasteiger partial charge on any atom is 0.264 e. The first-order valence-corrected chi connectivity index (χ1v) is 15.2. The molecule has 0 aliphatic carbocycles. The van der Waals surface area contributed by atoms with Crippen LogP contribution < -0.4 is 14.8 Å². The van der Waals surface area contributed by atoms with Gasteiger partial charge in [0.25, 0.3) is 5.91 Å². The van der Waals surface area contributed by atoms with Crippen molar-refractivity contribution in [3.05, 3.63) is 64.8 Å². The molecule has 2 amide bonds. The molecule has 4 rings (SSSR count). The number of carbonyl (C=O) groups is 2. The van der Waals surface area contributed by atoms with Gasteiger partial charge < -0.3 is 19.8 Å². The molecule has 2 atom stereocenters. The standard InChI is InChI=1S/C29H38N4O6S/c1-5-39-23-11-14-33(18-25-24-10-12-31-28(24)19(2)16-27(25)38-4)26(17-23)21-6-8-22(9-7-21)29(35)32-40(36,37)15-13-30-20(3)34/h6-10,12,16,23,26,31H,5,11,13-15,17-18H2,1-4H3,(H,30,34)(H,32,35)/t23-,26-/m0/s1. The van der Waals surface area contributed by atoms with Crippen molar-refractivity contribution >= 4 is 32.7 Å². The third-order valence-electron chi connectivity index (χ3n) is 7.31. The molecular formula is C29H38N4O6S. The summed E-state index contributed by atoms with van der Waals surface area (Å²) >= 11 is 0. The highest BCUT2D eigenvalue weighted by Gasteiger charge is 2.31. The van der Waals surface area contributed by atoms with Crippen molar-refractivity contribution in [3.8, 4) is 5.75 Å². The van der Waals surface area contributed by atoms with E-state index in [0.717, 1.165) is 52.7 Å². The largest absolute Gasteiger partial charge is 0.496 e. The average Bonchev–Trinajstić information content (AvgIpc) is 3.41. The summed E-state index contributed by atoms with van der Waals surface area (Å²) in [4.78, 5) is 29.4. The average molecular weight is 571 g/mol. The third kappa shape index (κ3) is 7.01. The molecule has 1 saturated heterocycles. The lowest BCUT2D eigenvalue weighted by Gasteiger charge is -2.40. The Hall–Kier alpha value is -3.41. The number of rotatable bonds is 11. The number of methoxy groups -OCH3 is 1. The minimum Gasteiger partial charge on any atom is -0.496 e.